The molecule has 3 aromatic rings. The van der Waals surface area contributed by atoms with Crippen molar-refractivity contribution in [2.24, 2.45) is 0 Å². The molecule has 0 radical (unpaired) electrons. The Balaban J connectivity index is 1.51. The molecule has 0 saturated carbocycles. The molecule has 4 rings (SSSR count). The number of nitrogens with zero attached hydrogens (tertiary/aromatic N) is 2. The van der Waals surface area contributed by atoms with Crippen LogP contribution >= 0.6 is 0 Å². The molecule has 7 nitrogen and oxygen atoms in total. The molecule has 0 unspecified atom stereocenters. The molecule has 0 fully saturated rings. The molecule has 126 valence electrons. The molecule has 0 spiro atoms. The number of hydrogen-bond acceptors (Lipinski definition) is 6. The van der Waals surface area contributed by atoms with E-state index in [1.807, 2.05) is 24.3 Å². The first-order valence-corrected chi connectivity index (χ1v) is 7.76. The van der Waals surface area contributed by atoms with Gasteiger partial charge in [-0.1, -0.05) is 6.07 Å². The number of rotatable bonds is 4. The van der Waals surface area contributed by atoms with E-state index in [-0.39, 0.29) is 19.1 Å². The Morgan fingerprint density at radius 1 is 1.20 bits per heavy atom. The number of ether oxygens (including phenoxy) is 2. The van der Waals surface area contributed by atoms with Crippen molar-refractivity contribution in [1.29, 1.82) is 0 Å². The van der Waals surface area contributed by atoms with Crippen molar-refractivity contribution in [3.63, 3.8) is 0 Å². The van der Waals surface area contributed by atoms with Crippen LogP contribution in [0, 0.1) is 6.92 Å². The summed E-state index contributed by atoms with van der Waals surface area (Å²) in [5, 5.41) is 2.73. The Morgan fingerprint density at radius 2 is 2.08 bits per heavy atom. The van der Waals surface area contributed by atoms with Gasteiger partial charge in [0.1, 0.15) is 11.6 Å². The fourth-order valence-electron chi connectivity index (χ4n) is 2.52. The van der Waals surface area contributed by atoms with E-state index in [9.17, 15) is 4.79 Å². The van der Waals surface area contributed by atoms with Gasteiger partial charge in [-0.3, -0.25) is 4.79 Å². The van der Waals surface area contributed by atoms with Crippen molar-refractivity contribution in [2.45, 2.75) is 13.3 Å². The van der Waals surface area contributed by atoms with Crippen LogP contribution in [0.25, 0.3) is 11.5 Å². The van der Waals surface area contributed by atoms with Crippen LogP contribution in [-0.4, -0.2) is 22.7 Å². The summed E-state index contributed by atoms with van der Waals surface area (Å²) in [6.45, 7) is 2.00. The number of oxazole rings is 1. The van der Waals surface area contributed by atoms with Crippen LogP contribution in [0.15, 0.2) is 47.0 Å². The lowest BCUT2D eigenvalue weighted by Gasteiger charge is -2.02. The maximum Gasteiger partial charge on any atom is 0.231 e. The van der Waals surface area contributed by atoms with Gasteiger partial charge in [-0.25, -0.2) is 9.97 Å². The van der Waals surface area contributed by atoms with Gasteiger partial charge in [-0.2, -0.15) is 0 Å². The van der Waals surface area contributed by atoms with Gasteiger partial charge in [0.2, 0.25) is 18.6 Å². The monoisotopic (exact) mass is 337 g/mol. The largest absolute Gasteiger partial charge is 0.454 e. The second-order valence-electron chi connectivity index (χ2n) is 5.53. The predicted octanol–water partition coefficient (Wildman–Crippen LogP) is 2.95. The average Bonchev–Trinajstić information content (AvgIpc) is 3.22. The molecule has 7 heteroatoms. The molecular weight excluding hydrogens is 322 g/mol. The Kier molecular flexibility index (Phi) is 3.81. The summed E-state index contributed by atoms with van der Waals surface area (Å²) >= 11 is 0. The minimum atomic E-state index is -0.202. The molecular formula is C18H15N3O4. The maximum atomic E-state index is 12.2. The van der Waals surface area contributed by atoms with Gasteiger partial charge in [0, 0.05) is 11.8 Å². The van der Waals surface area contributed by atoms with E-state index in [0.717, 1.165) is 5.56 Å². The number of pyridine rings is 1. The van der Waals surface area contributed by atoms with Gasteiger partial charge < -0.3 is 19.2 Å². The Morgan fingerprint density at radius 3 is 2.92 bits per heavy atom. The van der Waals surface area contributed by atoms with Crippen LogP contribution in [0.1, 0.15) is 11.5 Å². The summed E-state index contributed by atoms with van der Waals surface area (Å²) in [6.07, 6.45) is 1.73. The summed E-state index contributed by atoms with van der Waals surface area (Å²) in [5.41, 5.74) is 1.35. The van der Waals surface area contributed by atoms with Crippen LogP contribution in [0.3, 0.4) is 0 Å². The molecule has 1 N–H and O–H groups in total. The van der Waals surface area contributed by atoms with E-state index in [0.29, 0.717) is 34.7 Å². The minimum Gasteiger partial charge on any atom is -0.454 e. The van der Waals surface area contributed by atoms with Crippen molar-refractivity contribution in [1.82, 2.24) is 9.97 Å². The summed E-state index contributed by atoms with van der Waals surface area (Å²) in [4.78, 5) is 20.7. The number of amides is 1. The van der Waals surface area contributed by atoms with E-state index >= 15 is 0 Å². The van der Waals surface area contributed by atoms with Crippen molar-refractivity contribution >= 4 is 11.7 Å². The molecule has 1 amide bonds. The zero-order valence-electron chi connectivity index (χ0n) is 13.5. The van der Waals surface area contributed by atoms with E-state index < -0.39 is 0 Å². The highest BCUT2D eigenvalue weighted by Gasteiger charge is 2.18. The number of hydrogen-bond donors (Lipinski definition) is 1. The third-order valence-corrected chi connectivity index (χ3v) is 3.77. The van der Waals surface area contributed by atoms with Crippen molar-refractivity contribution in [3.05, 3.63) is 54.0 Å². The van der Waals surface area contributed by atoms with Gasteiger partial charge in [-0.05, 0) is 37.3 Å². The number of benzene rings is 1. The van der Waals surface area contributed by atoms with Gasteiger partial charge in [0.25, 0.3) is 0 Å². The number of carbonyl (C=O) groups is 1. The molecule has 1 aromatic carbocycles. The number of anilines is 1. The topological polar surface area (TPSA) is 86.5 Å². The minimum absolute atomic E-state index is 0.108. The zero-order valence-corrected chi connectivity index (χ0v) is 13.5. The van der Waals surface area contributed by atoms with E-state index in [2.05, 4.69) is 15.3 Å². The fourth-order valence-corrected chi connectivity index (χ4v) is 2.52. The fraction of sp³-hybridized carbons (Fsp3) is 0.167. The number of carbonyl (C=O) groups excluding carboxylic acids is 1. The number of aryl methyl sites for hydroxylation is 1. The third-order valence-electron chi connectivity index (χ3n) is 3.77. The van der Waals surface area contributed by atoms with Gasteiger partial charge in [0.15, 0.2) is 11.5 Å². The molecule has 3 heterocycles. The standard InChI is InChI=1S/C18H15N3O4/c1-11-13(9-17(22)21-16-4-2-3-7-19-16)20-18(25-11)12-5-6-14-15(8-12)24-10-23-14/h2-8H,9-10H2,1H3,(H,19,21,22). The van der Waals surface area contributed by atoms with Gasteiger partial charge in [-0.15, -0.1) is 0 Å². The molecule has 0 aliphatic carbocycles. The molecule has 25 heavy (non-hydrogen) atoms. The highest BCUT2D eigenvalue weighted by molar-refractivity contribution is 5.91. The van der Waals surface area contributed by atoms with E-state index in [1.54, 1.807) is 25.3 Å². The third kappa shape index (κ3) is 3.16. The van der Waals surface area contributed by atoms with E-state index in [4.69, 9.17) is 13.9 Å². The molecule has 1 aliphatic rings. The molecule has 1 aliphatic heterocycles. The first-order chi connectivity index (χ1) is 12.2. The summed E-state index contributed by atoms with van der Waals surface area (Å²) in [5.74, 6) is 2.70. The summed E-state index contributed by atoms with van der Waals surface area (Å²) in [7, 11) is 0. The molecule has 0 saturated heterocycles. The highest BCUT2D eigenvalue weighted by Crippen LogP contribution is 2.36. The SMILES string of the molecule is Cc1oc(-c2ccc3c(c2)OCO3)nc1CC(=O)Nc1ccccn1. The lowest BCUT2D eigenvalue weighted by molar-refractivity contribution is -0.115. The van der Waals surface area contributed by atoms with Crippen molar-refractivity contribution in [3.8, 4) is 23.0 Å². The first-order valence-electron chi connectivity index (χ1n) is 7.76. The average molecular weight is 337 g/mol. The Labute approximate surface area is 143 Å². The summed E-state index contributed by atoms with van der Waals surface area (Å²) in [6, 6.07) is 10.8. The van der Waals surface area contributed by atoms with Crippen LogP contribution in [0.4, 0.5) is 5.82 Å². The van der Waals surface area contributed by atoms with Crippen LogP contribution in [0.5, 0.6) is 11.5 Å². The van der Waals surface area contributed by atoms with Crippen LogP contribution in [0.2, 0.25) is 0 Å². The number of nitrogens with one attached hydrogen (secondary N) is 1. The second kappa shape index (κ2) is 6.27. The van der Waals surface area contributed by atoms with Crippen molar-refractivity contribution in [2.75, 3.05) is 12.1 Å². The van der Waals surface area contributed by atoms with E-state index in [1.165, 1.54) is 0 Å². The Hall–Kier alpha value is -3.35. The molecule has 0 bridgehead atoms. The van der Waals surface area contributed by atoms with Crippen molar-refractivity contribution < 1.29 is 18.7 Å². The first kappa shape index (κ1) is 15.2. The lowest BCUT2D eigenvalue weighted by Crippen LogP contribution is -2.15. The predicted molar refractivity (Wildman–Crippen MR) is 89.4 cm³/mol. The lowest BCUT2D eigenvalue weighted by atomic mass is 10.2. The number of aromatic nitrogens is 2. The smallest absolute Gasteiger partial charge is 0.231 e. The number of fused-ring (bicyclic) bond motifs is 1. The normalized spacial score (nSPS) is 12.2. The molecule has 2 aromatic heterocycles. The highest BCUT2D eigenvalue weighted by atomic mass is 16.7. The quantitative estimate of drug-likeness (QED) is 0.788. The van der Waals surface area contributed by atoms with Gasteiger partial charge >= 0.3 is 0 Å². The van der Waals surface area contributed by atoms with Gasteiger partial charge in [0.05, 0.1) is 12.1 Å². The zero-order chi connectivity index (χ0) is 17.2. The van der Waals surface area contributed by atoms with Crippen LogP contribution in [-0.2, 0) is 11.2 Å². The van der Waals surface area contributed by atoms with Crippen LogP contribution < -0.4 is 14.8 Å². The summed E-state index contributed by atoms with van der Waals surface area (Å²) < 4.78 is 16.4. The molecule has 0 atom stereocenters. The Bertz CT molecular complexity index is 921. The second-order valence-corrected chi connectivity index (χ2v) is 5.53. The maximum absolute atomic E-state index is 12.2.